The Hall–Kier alpha value is -0.820. The molecule has 0 radical (unpaired) electrons. The van der Waals surface area contributed by atoms with Crippen LogP contribution < -0.4 is 10.5 Å². The highest BCUT2D eigenvalue weighted by Crippen LogP contribution is 2.26. The van der Waals surface area contributed by atoms with Crippen LogP contribution in [0.2, 0.25) is 5.02 Å². The van der Waals surface area contributed by atoms with Crippen molar-refractivity contribution in [3.05, 3.63) is 23.2 Å². The Kier molecular flexibility index (Phi) is 4.22. The van der Waals surface area contributed by atoms with Crippen LogP contribution >= 0.6 is 11.6 Å². The summed E-state index contributed by atoms with van der Waals surface area (Å²) in [6.07, 6.45) is 0. The van der Waals surface area contributed by atoms with Gasteiger partial charge in [-0.3, -0.25) is 0 Å². The minimum Gasteiger partial charge on any atom is -0.397 e. The molecule has 0 aliphatic carbocycles. The first-order valence-electron chi connectivity index (χ1n) is 5.68. The molecule has 1 aromatic carbocycles. The van der Waals surface area contributed by atoms with Gasteiger partial charge in [0.25, 0.3) is 0 Å². The average Bonchev–Trinajstić information content (AvgIpc) is 2.18. The van der Waals surface area contributed by atoms with Crippen LogP contribution in [-0.2, 0) is 10.0 Å². The van der Waals surface area contributed by atoms with E-state index in [2.05, 4.69) is 4.72 Å². The number of nitrogens with two attached hydrogens (primary N) is 1. The Bertz CT molecular complexity index is 577. The zero-order chi connectivity index (χ0) is 15.1. The summed E-state index contributed by atoms with van der Waals surface area (Å²) >= 11 is 5.76. The molecular weight excluding hydrogens is 288 g/mol. The van der Waals surface area contributed by atoms with E-state index in [9.17, 15) is 13.5 Å². The van der Waals surface area contributed by atoms with Crippen LogP contribution in [0.1, 0.15) is 27.7 Å². The van der Waals surface area contributed by atoms with Crippen LogP contribution in [0.15, 0.2) is 23.1 Å². The molecule has 0 aliphatic rings. The topological polar surface area (TPSA) is 92.4 Å². The zero-order valence-electron chi connectivity index (χ0n) is 11.4. The molecule has 0 amide bonds. The average molecular weight is 307 g/mol. The molecule has 1 aromatic rings. The first-order valence-corrected chi connectivity index (χ1v) is 7.54. The third-order valence-corrected chi connectivity index (χ3v) is 5.19. The van der Waals surface area contributed by atoms with Gasteiger partial charge in [0.15, 0.2) is 0 Å². The van der Waals surface area contributed by atoms with Crippen molar-refractivity contribution in [3.8, 4) is 0 Å². The third-order valence-electron chi connectivity index (χ3n) is 3.20. The van der Waals surface area contributed by atoms with E-state index in [1.165, 1.54) is 32.0 Å². The summed E-state index contributed by atoms with van der Waals surface area (Å²) in [5.74, 6) is 0. The highest BCUT2D eigenvalue weighted by molar-refractivity contribution is 7.89. The zero-order valence-corrected chi connectivity index (χ0v) is 12.9. The van der Waals surface area contributed by atoms with Crippen molar-refractivity contribution in [1.82, 2.24) is 4.72 Å². The van der Waals surface area contributed by atoms with Crippen LogP contribution in [0.4, 0.5) is 5.69 Å². The van der Waals surface area contributed by atoms with Crippen LogP contribution in [0, 0.1) is 0 Å². The van der Waals surface area contributed by atoms with E-state index in [0.29, 0.717) is 5.02 Å². The number of nitrogens with one attached hydrogen (secondary N) is 1. The number of anilines is 1. The molecule has 0 saturated heterocycles. The smallest absolute Gasteiger partial charge is 0.241 e. The van der Waals surface area contributed by atoms with E-state index in [0.717, 1.165) is 0 Å². The van der Waals surface area contributed by atoms with Crippen molar-refractivity contribution in [2.75, 3.05) is 5.73 Å². The van der Waals surface area contributed by atoms with Gasteiger partial charge in [-0.1, -0.05) is 11.6 Å². The SMILES string of the molecule is CC(C)(O)C(C)(C)NS(=O)(=O)c1ccc(Cl)c(N)c1. The molecule has 5 nitrogen and oxygen atoms in total. The number of hydrogen-bond donors (Lipinski definition) is 3. The highest BCUT2D eigenvalue weighted by Gasteiger charge is 2.38. The van der Waals surface area contributed by atoms with E-state index in [4.69, 9.17) is 17.3 Å². The van der Waals surface area contributed by atoms with E-state index < -0.39 is 21.2 Å². The van der Waals surface area contributed by atoms with Crippen LogP contribution in [0.5, 0.6) is 0 Å². The lowest BCUT2D eigenvalue weighted by atomic mass is 9.87. The molecule has 7 heteroatoms. The molecule has 0 aromatic heterocycles. The summed E-state index contributed by atoms with van der Waals surface area (Å²) in [4.78, 5) is 0.00623. The number of sulfonamides is 1. The fraction of sp³-hybridized carbons (Fsp3) is 0.500. The number of benzene rings is 1. The molecule has 108 valence electrons. The van der Waals surface area contributed by atoms with Crippen molar-refractivity contribution < 1.29 is 13.5 Å². The monoisotopic (exact) mass is 306 g/mol. The number of nitrogen functional groups attached to an aromatic ring is 1. The second kappa shape index (κ2) is 4.94. The van der Waals surface area contributed by atoms with Gasteiger partial charge < -0.3 is 10.8 Å². The first kappa shape index (κ1) is 16.2. The molecule has 0 spiro atoms. The molecule has 0 fully saturated rings. The largest absolute Gasteiger partial charge is 0.397 e. The van der Waals surface area contributed by atoms with E-state index in [-0.39, 0.29) is 10.6 Å². The lowest BCUT2D eigenvalue weighted by Crippen LogP contribution is -2.57. The molecular formula is C12H19ClN2O3S. The Labute approximate surface area is 118 Å². The van der Waals surface area contributed by atoms with Crippen molar-refractivity contribution in [1.29, 1.82) is 0 Å². The summed E-state index contributed by atoms with van der Waals surface area (Å²) in [6, 6.07) is 4.06. The van der Waals surface area contributed by atoms with Gasteiger partial charge in [0, 0.05) is 0 Å². The van der Waals surface area contributed by atoms with Crippen LogP contribution in [-0.4, -0.2) is 24.7 Å². The van der Waals surface area contributed by atoms with Gasteiger partial charge in [0.05, 0.1) is 26.7 Å². The third kappa shape index (κ3) is 3.60. The normalized spacial score (nSPS) is 13.6. The molecule has 0 heterocycles. The van der Waals surface area contributed by atoms with E-state index in [1.807, 2.05) is 0 Å². The summed E-state index contributed by atoms with van der Waals surface area (Å²) in [5, 5.41) is 10.3. The maximum atomic E-state index is 12.2. The predicted molar refractivity (Wildman–Crippen MR) is 76.6 cm³/mol. The first-order chi connectivity index (χ1) is 8.37. The molecule has 0 saturated carbocycles. The molecule has 0 unspecified atom stereocenters. The number of rotatable bonds is 4. The van der Waals surface area contributed by atoms with Gasteiger partial charge in [-0.15, -0.1) is 0 Å². The number of halogens is 1. The van der Waals surface area contributed by atoms with Crippen molar-refractivity contribution in [2.24, 2.45) is 0 Å². The quantitative estimate of drug-likeness (QED) is 0.739. The van der Waals surface area contributed by atoms with Crippen molar-refractivity contribution >= 4 is 27.3 Å². The molecule has 0 aliphatic heterocycles. The molecule has 19 heavy (non-hydrogen) atoms. The minimum atomic E-state index is -3.79. The standard InChI is InChI=1S/C12H19ClN2O3S/c1-11(2,12(3,4)16)15-19(17,18)8-5-6-9(13)10(14)7-8/h5-7,15-16H,14H2,1-4H3. The Morgan fingerprint density at radius 1 is 1.26 bits per heavy atom. The van der Waals surface area contributed by atoms with E-state index in [1.54, 1.807) is 13.8 Å². The Morgan fingerprint density at radius 3 is 2.21 bits per heavy atom. The highest BCUT2D eigenvalue weighted by atomic mass is 35.5. The number of aliphatic hydroxyl groups is 1. The Balaban J connectivity index is 3.16. The summed E-state index contributed by atoms with van der Waals surface area (Å²) in [7, 11) is -3.79. The molecule has 4 N–H and O–H groups in total. The molecule has 1 rings (SSSR count). The van der Waals surface area contributed by atoms with E-state index >= 15 is 0 Å². The maximum Gasteiger partial charge on any atom is 0.241 e. The molecule has 0 bridgehead atoms. The fourth-order valence-electron chi connectivity index (χ4n) is 1.21. The second-order valence-corrected chi connectivity index (χ2v) is 7.56. The van der Waals surface area contributed by atoms with Gasteiger partial charge >= 0.3 is 0 Å². The van der Waals surface area contributed by atoms with Gasteiger partial charge in [0.2, 0.25) is 10.0 Å². The van der Waals surface area contributed by atoms with Crippen molar-refractivity contribution in [3.63, 3.8) is 0 Å². The molecule has 0 atom stereocenters. The lowest BCUT2D eigenvalue weighted by Gasteiger charge is -2.37. The fourth-order valence-corrected chi connectivity index (χ4v) is 2.90. The predicted octanol–water partition coefficient (Wildman–Crippen LogP) is 1.75. The van der Waals surface area contributed by atoms with Gasteiger partial charge in [-0.2, -0.15) is 0 Å². The van der Waals surface area contributed by atoms with Crippen molar-refractivity contribution in [2.45, 2.75) is 43.7 Å². The summed E-state index contributed by atoms with van der Waals surface area (Å²) < 4.78 is 26.9. The summed E-state index contributed by atoms with van der Waals surface area (Å²) in [5.41, 5.74) is 3.51. The van der Waals surface area contributed by atoms with Crippen LogP contribution in [0.25, 0.3) is 0 Å². The Morgan fingerprint density at radius 2 is 1.79 bits per heavy atom. The lowest BCUT2D eigenvalue weighted by molar-refractivity contribution is 0.00639. The van der Waals surface area contributed by atoms with Gasteiger partial charge in [-0.05, 0) is 45.9 Å². The summed E-state index contributed by atoms with van der Waals surface area (Å²) in [6.45, 7) is 6.27. The second-order valence-electron chi connectivity index (χ2n) is 5.47. The van der Waals surface area contributed by atoms with Gasteiger partial charge in [0.1, 0.15) is 0 Å². The number of hydrogen-bond acceptors (Lipinski definition) is 4. The van der Waals surface area contributed by atoms with Crippen LogP contribution in [0.3, 0.4) is 0 Å². The minimum absolute atomic E-state index is 0.00623. The maximum absolute atomic E-state index is 12.2. The van der Waals surface area contributed by atoms with Gasteiger partial charge in [-0.25, -0.2) is 13.1 Å².